The predicted molar refractivity (Wildman–Crippen MR) is 86.5 cm³/mol. The van der Waals surface area contributed by atoms with E-state index < -0.39 is 0 Å². The van der Waals surface area contributed by atoms with Crippen LogP contribution in [0, 0.1) is 6.92 Å². The van der Waals surface area contributed by atoms with Crippen molar-refractivity contribution in [1.82, 2.24) is 24.5 Å². The summed E-state index contributed by atoms with van der Waals surface area (Å²) < 4.78 is 3.27. The fourth-order valence-electron chi connectivity index (χ4n) is 2.09. The minimum atomic E-state index is -0.339. The molecule has 0 spiro atoms. The van der Waals surface area contributed by atoms with Crippen LogP contribution in [0.1, 0.15) is 21.7 Å². The van der Waals surface area contributed by atoms with Gasteiger partial charge in [0.25, 0.3) is 5.91 Å². The second-order valence-corrected chi connectivity index (χ2v) is 5.58. The summed E-state index contributed by atoms with van der Waals surface area (Å²) in [6, 6.07) is 9.20. The summed E-state index contributed by atoms with van der Waals surface area (Å²) in [7, 11) is 1.78. The molecular weight excluding hydrogens is 316 g/mol. The Kier molecular flexibility index (Phi) is 4.12. The van der Waals surface area contributed by atoms with Gasteiger partial charge < -0.3 is 0 Å². The maximum absolute atomic E-state index is 12.1. The van der Waals surface area contributed by atoms with E-state index in [9.17, 15) is 4.79 Å². The quantitative estimate of drug-likeness (QED) is 0.796. The number of aryl methyl sites for hydroxylation is 2. The lowest BCUT2D eigenvalue weighted by atomic mass is 10.2. The molecule has 3 aromatic rings. The van der Waals surface area contributed by atoms with Gasteiger partial charge in [0, 0.05) is 17.8 Å². The van der Waals surface area contributed by atoms with E-state index >= 15 is 0 Å². The fourth-order valence-corrected chi connectivity index (χ4v) is 2.30. The van der Waals surface area contributed by atoms with Crippen LogP contribution in [-0.2, 0) is 13.6 Å². The zero-order valence-electron chi connectivity index (χ0n) is 12.7. The van der Waals surface area contributed by atoms with Gasteiger partial charge in [-0.25, -0.2) is 9.67 Å². The molecule has 8 heteroatoms. The lowest BCUT2D eigenvalue weighted by molar-refractivity contribution is 0.102. The van der Waals surface area contributed by atoms with Crippen LogP contribution < -0.4 is 5.32 Å². The van der Waals surface area contributed by atoms with Gasteiger partial charge in [0.1, 0.15) is 6.33 Å². The van der Waals surface area contributed by atoms with Gasteiger partial charge in [0.05, 0.1) is 6.54 Å². The topological polar surface area (TPSA) is 77.6 Å². The number of halogens is 1. The third kappa shape index (κ3) is 3.57. The molecule has 0 atom stereocenters. The first-order chi connectivity index (χ1) is 11.0. The number of benzene rings is 1. The molecule has 2 aromatic heterocycles. The van der Waals surface area contributed by atoms with Crippen LogP contribution in [0.5, 0.6) is 0 Å². The minimum absolute atomic E-state index is 0.236. The number of hydrogen-bond acceptors (Lipinski definition) is 4. The van der Waals surface area contributed by atoms with Gasteiger partial charge in [0.15, 0.2) is 5.69 Å². The zero-order chi connectivity index (χ0) is 16.4. The van der Waals surface area contributed by atoms with Crippen molar-refractivity contribution in [3.8, 4) is 0 Å². The normalized spacial score (nSPS) is 10.7. The van der Waals surface area contributed by atoms with Gasteiger partial charge in [-0.05, 0) is 30.7 Å². The molecule has 0 aliphatic rings. The van der Waals surface area contributed by atoms with E-state index in [2.05, 4.69) is 20.5 Å². The number of carbonyl (C=O) groups excluding carboxylic acids is 1. The number of nitrogens with zero attached hydrogens (tertiary/aromatic N) is 5. The van der Waals surface area contributed by atoms with Gasteiger partial charge >= 0.3 is 0 Å². The van der Waals surface area contributed by atoms with Gasteiger partial charge in [0.2, 0.25) is 5.95 Å². The minimum Gasteiger partial charge on any atom is -0.288 e. The highest BCUT2D eigenvalue weighted by molar-refractivity contribution is 6.30. The van der Waals surface area contributed by atoms with Crippen molar-refractivity contribution >= 4 is 23.5 Å². The Bertz CT molecular complexity index is 834. The van der Waals surface area contributed by atoms with Crippen LogP contribution in [0.3, 0.4) is 0 Å². The third-order valence-electron chi connectivity index (χ3n) is 3.34. The van der Waals surface area contributed by atoms with E-state index in [1.807, 2.05) is 31.2 Å². The summed E-state index contributed by atoms with van der Waals surface area (Å²) in [4.78, 5) is 16.2. The summed E-state index contributed by atoms with van der Waals surface area (Å²) in [5.41, 5.74) is 2.23. The number of anilines is 1. The van der Waals surface area contributed by atoms with Crippen molar-refractivity contribution in [2.45, 2.75) is 13.5 Å². The SMILES string of the molecule is Cc1cc(C(=O)Nc2ncn(Cc3cccc(Cl)c3)n2)nn1C. The second-order valence-electron chi connectivity index (χ2n) is 5.14. The molecule has 118 valence electrons. The molecule has 0 unspecified atom stereocenters. The number of carbonyl (C=O) groups is 1. The zero-order valence-corrected chi connectivity index (χ0v) is 13.4. The largest absolute Gasteiger partial charge is 0.288 e. The van der Waals surface area contributed by atoms with E-state index in [4.69, 9.17) is 11.6 Å². The Morgan fingerprint density at radius 2 is 2.13 bits per heavy atom. The average Bonchev–Trinajstić information content (AvgIpc) is 3.06. The van der Waals surface area contributed by atoms with Crippen LogP contribution in [0.4, 0.5) is 5.95 Å². The first kappa shape index (κ1) is 15.2. The molecule has 2 heterocycles. The highest BCUT2D eigenvalue weighted by atomic mass is 35.5. The van der Waals surface area contributed by atoms with E-state index in [-0.39, 0.29) is 11.9 Å². The monoisotopic (exact) mass is 330 g/mol. The molecule has 0 saturated heterocycles. The van der Waals surface area contributed by atoms with Crippen molar-refractivity contribution in [3.05, 3.63) is 58.6 Å². The first-order valence-corrected chi connectivity index (χ1v) is 7.35. The van der Waals surface area contributed by atoms with Crippen molar-refractivity contribution in [2.75, 3.05) is 5.32 Å². The van der Waals surface area contributed by atoms with E-state index in [0.717, 1.165) is 11.3 Å². The predicted octanol–water partition coefficient (Wildman–Crippen LogP) is 2.27. The summed E-state index contributed by atoms with van der Waals surface area (Å²) in [5, 5.41) is 11.6. The number of nitrogens with one attached hydrogen (secondary N) is 1. The fraction of sp³-hybridized carbons (Fsp3) is 0.200. The van der Waals surface area contributed by atoms with E-state index in [1.54, 1.807) is 28.8 Å². The number of hydrogen-bond donors (Lipinski definition) is 1. The van der Waals surface area contributed by atoms with Crippen LogP contribution in [0.25, 0.3) is 0 Å². The molecule has 23 heavy (non-hydrogen) atoms. The highest BCUT2D eigenvalue weighted by Crippen LogP contribution is 2.12. The molecule has 0 fully saturated rings. The van der Waals surface area contributed by atoms with Crippen molar-refractivity contribution in [3.63, 3.8) is 0 Å². The van der Waals surface area contributed by atoms with Gasteiger partial charge in [-0.15, -0.1) is 5.10 Å². The van der Waals surface area contributed by atoms with E-state index in [1.165, 1.54) is 0 Å². The number of aromatic nitrogens is 5. The van der Waals surface area contributed by atoms with Gasteiger partial charge in [-0.2, -0.15) is 5.10 Å². The maximum Gasteiger partial charge on any atom is 0.278 e. The molecule has 1 amide bonds. The van der Waals surface area contributed by atoms with Crippen LogP contribution in [0.15, 0.2) is 36.7 Å². The summed E-state index contributed by atoms with van der Waals surface area (Å²) in [6.45, 7) is 2.40. The Morgan fingerprint density at radius 1 is 1.30 bits per heavy atom. The first-order valence-electron chi connectivity index (χ1n) is 6.97. The van der Waals surface area contributed by atoms with E-state index in [0.29, 0.717) is 17.3 Å². The molecule has 1 N–H and O–H groups in total. The average molecular weight is 331 g/mol. The van der Waals surface area contributed by atoms with Gasteiger partial charge in [-0.3, -0.25) is 14.8 Å². The molecular formula is C15H15ClN6O. The third-order valence-corrected chi connectivity index (χ3v) is 3.58. The molecule has 7 nitrogen and oxygen atoms in total. The van der Waals surface area contributed by atoms with Crippen LogP contribution in [-0.4, -0.2) is 30.5 Å². The smallest absolute Gasteiger partial charge is 0.278 e. The summed E-state index contributed by atoms with van der Waals surface area (Å²) in [5.74, 6) is -0.102. The molecule has 0 bridgehead atoms. The molecule has 0 saturated carbocycles. The van der Waals surface area contributed by atoms with Crippen LogP contribution in [0.2, 0.25) is 5.02 Å². The Morgan fingerprint density at radius 3 is 2.83 bits per heavy atom. The summed E-state index contributed by atoms with van der Waals surface area (Å²) >= 11 is 5.96. The second kappa shape index (κ2) is 6.21. The molecule has 0 aliphatic heterocycles. The molecule has 0 aliphatic carbocycles. The Balaban J connectivity index is 1.68. The molecule has 1 aromatic carbocycles. The standard InChI is InChI=1S/C15H15ClN6O/c1-10-6-13(19-21(10)2)14(23)18-15-17-9-22(20-15)8-11-4-3-5-12(16)7-11/h3-7,9H,8H2,1-2H3,(H,18,20,23). The number of amides is 1. The highest BCUT2D eigenvalue weighted by Gasteiger charge is 2.13. The van der Waals surface area contributed by atoms with Crippen molar-refractivity contribution in [2.24, 2.45) is 7.05 Å². The summed E-state index contributed by atoms with van der Waals surface area (Å²) in [6.07, 6.45) is 1.56. The lowest BCUT2D eigenvalue weighted by Crippen LogP contribution is -2.14. The van der Waals surface area contributed by atoms with Crippen LogP contribution >= 0.6 is 11.6 Å². The maximum atomic E-state index is 12.1. The number of rotatable bonds is 4. The molecule has 3 rings (SSSR count). The van der Waals surface area contributed by atoms with Gasteiger partial charge in [-0.1, -0.05) is 23.7 Å². The van der Waals surface area contributed by atoms with Crippen molar-refractivity contribution in [1.29, 1.82) is 0 Å². The molecule has 0 radical (unpaired) electrons. The lowest BCUT2D eigenvalue weighted by Gasteiger charge is -2.01. The Labute approximate surface area is 137 Å². The van der Waals surface area contributed by atoms with Crippen molar-refractivity contribution < 1.29 is 4.79 Å². The Hall–Kier alpha value is -2.67.